The third-order valence-corrected chi connectivity index (χ3v) is 5.88. The number of piperidine rings is 1. The normalized spacial score (nSPS) is 14.7. The van der Waals surface area contributed by atoms with E-state index in [1.165, 1.54) is 32.4 Å². The summed E-state index contributed by atoms with van der Waals surface area (Å²) in [7, 11) is 1.64. The van der Waals surface area contributed by atoms with Gasteiger partial charge in [-0.15, -0.1) is 0 Å². The molecule has 0 bridgehead atoms. The van der Waals surface area contributed by atoms with Crippen molar-refractivity contribution in [1.82, 2.24) is 9.88 Å². The van der Waals surface area contributed by atoms with Crippen molar-refractivity contribution >= 4 is 10.8 Å². The molecule has 30 heavy (non-hydrogen) atoms. The molecule has 1 N–H and O–H groups in total. The molecule has 1 aliphatic rings. The standard InChI is InChI=1S/C25H30N2O3/c1-18-9-6-12-21-22(18)24(30-16-8-15-27-13-4-3-5-14-27)23(26-25(21)28)19-10-7-11-20(17-19)29-2/h6-7,9-12,17H,3-5,8,13-16H2,1-2H3,(H,26,28). The predicted octanol–water partition coefficient (Wildman–Crippen LogP) is 4.77. The van der Waals surface area contributed by atoms with E-state index in [1.54, 1.807) is 7.11 Å². The van der Waals surface area contributed by atoms with Gasteiger partial charge in [0.1, 0.15) is 5.75 Å². The maximum Gasteiger partial charge on any atom is 0.256 e. The molecule has 0 spiro atoms. The van der Waals surface area contributed by atoms with E-state index in [0.29, 0.717) is 17.7 Å². The lowest BCUT2D eigenvalue weighted by atomic mass is 10.0. The zero-order valence-electron chi connectivity index (χ0n) is 17.9. The number of rotatable bonds is 7. The first-order valence-corrected chi connectivity index (χ1v) is 10.8. The van der Waals surface area contributed by atoms with Crippen molar-refractivity contribution in [3.63, 3.8) is 0 Å². The minimum atomic E-state index is -0.104. The zero-order chi connectivity index (χ0) is 20.9. The Labute approximate surface area is 177 Å². The lowest BCUT2D eigenvalue weighted by molar-refractivity contribution is 0.205. The Bertz CT molecular complexity index is 1070. The quantitative estimate of drug-likeness (QED) is 0.575. The molecule has 0 radical (unpaired) electrons. The van der Waals surface area contributed by atoms with Gasteiger partial charge in [0, 0.05) is 17.5 Å². The van der Waals surface area contributed by atoms with Gasteiger partial charge in [0.2, 0.25) is 0 Å². The van der Waals surface area contributed by atoms with Crippen LogP contribution in [-0.4, -0.2) is 43.2 Å². The van der Waals surface area contributed by atoms with Crippen LogP contribution >= 0.6 is 0 Å². The Morgan fingerprint density at radius 2 is 1.87 bits per heavy atom. The van der Waals surface area contributed by atoms with Gasteiger partial charge in [0.05, 0.1) is 24.8 Å². The third kappa shape index (κ3) is 4.36. The summed E-state index contributed by atoms with van der Waals surface area (Å²) >= 11 is 0. The molecule has 2 aromatic carbocycles. The SMILES string of the molecule is COc1cccc(-c2[nH]c(=O)c3cccc(C)c3c2OCCCN2CCCCC2)c1. The Hall–Kier alpha value is -2.79. The second-order valence-corrected chi connectivity index (χ2v) is 7.99. The summed E-state index contributed by atoms with van der Waals surface area (Å²) in [5.41, 5.74) is 2.52. The van der Waals surface area contributed by atoms with Crippen LogP contribution in [0, 0.1) is 6.92 Å². The summed E-state index contributed by atoms with van der Waals surface area (Å²) in [6.07, 6.45) is 4.90. The molecule has 0 atom stereocenters. The molecule has 5 heteroatoms. The van der Waals surface area contributed by atoms with Gasteiger partial charge in [-0.1, -0.05) is 30.7 Å². The number of nitrogens with zero attached hydrogens (tertiary/aromatic N) is 1. The largest absolute Gasteiger partial charge is 0.497 e. The van der Waals surface area contributed by atoms with Crippen LogP contribution in [0.3, 0.4) is 0 Å². The number of methoxy groups -OCH3 is 1. The molecular formula is C25H30N2O3. The monoisotopic (exact) mass is 406 g/mol. The first kappa shape index (κ1) is 20.5. The fourth-order valence-corrected chi connectivity index (χ4v) is 4.29. The summed E-state index contributed by atoms with van der Waals surface area (Å²) in [6, 6.07) is 13.5. The van der Waals surface area contributed by atoms with Gasteiger partial charge in [-0.3, -0.25) is 4.79 Å². The number of aromatic nitrogens is 1. The van der Waals surface area contributed by atoms with Crippen LogP contribution in [0.25, 0.3) is 22.0 Å². The summed E-state index contributed by atoms with van der Waals surface area (Å²) < 4.78 is 11.8. The molecule has 158 valence electrons. The number of ether oxygens (including phenoxy) is 2. The molecule has 0 amide bonds. The van der Waals surface area contributed by atoms with E-state index in [1.807, 2.05) is 49.4 Å². The van der Waals surface area contributed by atoms with Crippen molar-refractivity contribution in [3.8, 4) is 22.8 Å². The molecule has 5 nitrogen and oxygen atoms in total. The second-order valence-electron chi connectivity index (χ2n) is 7.99. The number of hydrogen-bond acceptors (Lipinski definition) is 4. The smallest absolute Gasteiger partial charge is 0.256 e. The third-order valence-electron chi connectivity index (χ3n) is 5.88. The van der Waals surface area contributed by atoms with Crippen LogP contribution < -0.4 is 15.0 Å². The Morgan fingerprint density at radius 1 is 1.07 bits per heavy atom. The summed E-state index contributed by atoms with van der Waals surface area (Å²) in [5.74, 6) is 1.49. The zero-order valence-corrected chi connectivity index (χ0v) is 17.9. The van der Waals surface area contributed by atoms with Gasteiger partial charge in [-0.05, 0) is 63.0 Å². The van der Waals surface area contributed by atoms with Crippen LogP contribution in [0.5, 0.6) is 11.5 Å². The van der Waals surface area contributed by atoms with Crippen molar-refractivity contribution in [2.24, 2.45) is 0 Å². The minimum Gasteiger partial charge on any atom is -0.497 e. The fraction of sp³-hybridized carbons (Fsp3) is 0.400. The van der Waals surface area contributed by atoms with E-state index >= 15 is 0 Å². The average Bonchev–Trinajstić information content (AvgIpc) is 2.78. The number of aromatic amines is 1. The van der Waals surface area contributed by atoms with Crippen LogP contribution in [0.1, 0.15) is 31.2 Å². The number of benzene rings is 2. The molecular weight excluding hydrogens is 376 g/mol. The topological polar surface area (TPSA) is 54.6 Å². The Balaban J connectivity index is 1.67. The number of aryl methyl sites for hydroxylation is 1. The molecule has 1 aromatic heterocycles. The van der Waals surface area contributed by atoms with Crippen molar-refractivity contribution in [3.05, 3.63) is 58.4 Å². The van der Waals surface area contributed by atoms with E-state index in [4.69, 9.17) is 9.47 Å². The molecule has 2 heterocycles. The molecule has 0 aliphatic carbocycles. The van der Waals surface area contributed by atoms with Crippen LogP contribution in [0.2, 0.25) is 0 Å². The van der Waals surface area contributed by atoms with Crippen molar-refractivity contribution in [2.75, 3.05) is 33.4 Å². The van der Waals surface area contributed by atoms with Gasteiger partial charge >= 0.3 is 0 Å². The van der Waals surface area contributed by atoms with E-state index in [9.17, 15) is 4.79 Å². The number of fused-ring (bicyclic) bond motifs is 1. The number of likely N-dealkylation sites (tertiary alicyclic amines) is 1. The van der Waals surface area contributed by atoms with Crippen LogP contribution in [-0.2, 0) is 0 Å². The lowest BCUT2D eigenvalue weighted by Crippen LogP contribution is -2.31. The summed E-state index contributed by atoms with van der Waals surface area (Å²) in [6.45, 7) is 6.07. The maximum atomic E-state index is 12.8. The van der Waals surface area contributed by atoms with Crippen molar-refractivity contribution < 1.29 is 9.47 Å². The number of hydrogen-bond donors (Lipinski definition) is 1. The average molecular weight is 407 g/mol. The summed E-state index contributed by atoms with van der Waals surface area (Å²) in [4.78, 5) is 18.4. The lowest BCUT2D eigenvalue weighted by Gasteiger charge is -2.26. The second kappa shape index (κ2) is 9.35. The minimum absolute atomic E-state index is 0.104. The highest BCUT2D eigenvalue weighted by molar-refractivity contribution is 5.95. The highest BCUT2D eigenvalue weighted by Crippen LogP contribution is 2.36. The van der Waals surface area contributed by atoms with Gasteiger partial charge in [-0.2, -0.15) is 0 Å². The first-order chi connectivity index (χ1) is 14.7. The van der Waals surface area contributed by atoms with Crippen LogP contribution in [0.4, 0.5) is 0 Å². The molecule has 1 fully saturated rings. The molecule has 1 saturated heterocycles. The Morgan fingerprint density at radius 3 is 2.67 bits per heavy atom. The fourth-order valence-electron chi connectivity index (χ4n) is 4.29. The van der Waals surface area contributed by atoms with Gasteiger partial charge in [0.25, 0.3) is 5.56 Å². The molecule has 3 aromatic rings. The first-order valence-electron chi connectivity index (χ1n) is 10.8. The summed E-state index contributed by atoms with van der Waals surface area (Å²) in [5, 5.41) is 1.55. The van der Waals surface area contributed by atoms with Crippen LogP contribution in [0.15, 0.2) is 47.3 Å². The van der Waals surface area contributed by atoms with Gasteiger partial charge in [0.15, 0.2) is 5.75 Å². The van der Waals surface area contributed by atoms with E-state index in [2.05, 4.69) is 9.88 Å². The number of pyridine rings is 1. The van der Waals surface area contributed by atoms with Crippen molar-refractivity contribution in [2.45, 2.75) is 32.6 Å². The van der Waals surface area contributed by atoms with Gasteiger partial charge < -0.3 is 19.4 Å². The molecule has 4 rings (SSSR count). The number of H-pyrrole nitrogens is 1. The highest BCUT2D eigenvalue weighted by Gasteiger charge is 2.17. The highest BCUT2D eigenvalue weighted by atomic mass is 16.5. The molecule has 0 saturated carbocycles. The molecule has 1 aliphatic heterocycles. The molecule has 0 unspecified atom stereocenters. The van der Waals surface area contributed by atoms with E-state index < -0.39 is 0 Å². The van der Waals surface area contributed by atoms with E-state index in [-0.39, 0.29) is 5.56 Å². The predicted molar refractivity (Wildman–Crippen MR) is 122 cm³/mol. The van der Waals surface area contributed by atoms with Gasteiger partial charge in [-0.25, -0.2) is 0 Å². The van der Waals surface area contributed by atoms with E-state index in [0.717, 1.165) is 41.0 Å². The van der Waals surface area contributed by atoms with Crippen molar-refractivity contribution in [1.29, 1.82) is 0 Å². The Kier molecular flexibility index (Phi) is 6.38. The maximum absolute atomic E-state index is 12.8. The number of nitrogens with one attached hydrogen (secondary N) is 1.